The number of aromatic hydroxyl groups is 1. The van der Waals surface area contributed by atoms with Crippen LogP contribution in [0.4, 0.5) is 0 Å². The average Bonchev–Trinajstić information content (AvgIpc) is 2.68. The molecule has 27 heavy (non-hydrogen) atoms. The number of hydrogen-bond acceptors (Lipinski definition) is 6. The maximum Gasteiger partial charge on any atom is 0.161 e. The Bertz CT molecular complexity index is 710. The van der Waals surface area contributed by atoms with Crippen molar-refractivity contribution in [2.75, 3.05) is 42.0 Å². The van der Waals surface area contributed by atoms with E-state index in [0.717, 1.165) is 31.4 Å². The summed E-state index contributed by atoms with van der Waals surface area (Å²) in [4.78, 5) is 2.46. The number of piperidine rings is 1. The molecule has 0 radical (unpaired) electrons. The van der Waals surface area contributed by atoms with Crippen molar-refractivity contribution in [1.82, 2.24) is 4.90 Å². The molecule has 2 bridgehead atoms. The summed E-state index contributed by atoms with van der Waals surface area (Å²) < 4.78 is 23.3. The third-order valence-corrected chi connectivity index (χ3v) is 7.40. The van der Waals surface area contributed by atoms with E-state index >= 15 is 0 Å². The van der Waals surface area contributed by atoms with Crippen molar-refractivity contribution in [2.24, 2.45) is 5.92 Å². The topological polar surface area (TPSA) is 60.4 Å². The van der Waals surface area contributed by atoms with Crippen molar-refractivity contribution >= 4 is 0 Å². The van der Waals surface area contributed by atoms with E-state index in [1.807, 2.05) is 6.07 Å². The molecule has 6 nitrogen and oxygen atoms in total. The number of methoxy groups -OCH3 is 4. The van der Waals surface area contributed by atoms with Crippen molar-refractivity contribution < 1.29 is 24.1 Å². The zero-order valence-electron chi connectivity index (χ0n) is 16.9. The molecule has 4 rings (SSSR count). The summed E-state index contributed by atoms with van der Waals surface area (Å²) in [5.74, 6) is 1.11. The van der Waals surface area contributed by atoms with Gasteiger partial charge in [-0.1, -0.05) is 6.07 Å². The lowest BCUT2D eigenvalue weighted by molar-refractivity contribution is -0.199. The summed E-state index contributed by atoms with van der Waals surface area (Å²) in [5, 5.41) is 11.2. The Morgan fingerprint density at radius 2 is 1.89 bits per heavy atom. The molecular formula is C21H31NO5. The van der Waals surface area contributed by atoms with Gasteiger partial charge in [0.1, 0.15) is 6.10 Å². The van der Waals surface area contributed by atoms with Gasteiger partial charge < -0.3 is 29.0 Å². The molecule has 5 unspecified atom stereocenters. The van der Waals surface area contributed by atoms with Gasteiger partial charge in [0.2, 0.25) is 0 Å². The summed E-state index contributed by atoms with van der Waals surface area (Å²) in [7, 11) is 9.03. The highest BCUT2D eigenvalue weighted by atomic mass is 16.6. The van der Waals surface area contributed by atoms with Crippen molar-refractivity contribution in [3.63, 3.8) is 0 Å². The Morgan fingerprint density at radius 1 is 1.11 bits per heavy atom. The fourth-order valence-corrected chi connectivity index (χ4v) is 6.25. The highest BCUT2D eigenvalue weighted by Crippen LogP contribution is 2.60. The van der Waals surface area contributed by atoms with Gasteiger partial charge in [0.15, 0.2) is 11.5 Å². The van der Waals surface area contributed by atoms with E-state index < -0.39 is 0 Å². The summed E-state index contributed by atoms with van der Waals surface area (Å²) >= 11 is 0. The third kappa shape index (κ3) is 2.47. The van der Waals surface area contributed by atoms with Crippen LogP contribution in [0.25, 0.3) is 0 Å². The lowest BCUT2D eigenvalue weighted by Gasteiger charge is -2.63. The number of likely N-dealkylation sites (tertiary alicyclic amines) is 1. The summed E-state index contributed by atoms with van der Waals surface area (Å²) in [6.07, 6.45) is 2.31. The predicted molar refractivity (Wildman–Crippen MR) is 102 cm³/mol. The zero-order valence-corrected chi connectivity index (χ0v) is 16.9. The molecule has 0 spiro atoms. The largest absolute Gasteiger partial charge is 0.504 e. The van der Waals surface area contributed by atoms with Crippen molar-refractivity contribution in [1.29, 1.82) is 0 Å². The zero-order chi connectivity index (χ0) is 19.3. The molecule has 1 saturated heterocycles. The summed E-state index contributed by atoms with van der Waals surface area (Å²) in [6, 6.07) is 4.37. The highest BCUT2D eigenvalue weighted by molar-refractivity contribution is 5.57. The molecule has 150 valence electrons. The number of phenolic OH excluding ortho intramolecular Hbond substituents is 1. The van der Waals surface area contributed by atoms with Crippen LogP contribution in [-0.2, 0) is 26.0 Å². The summed E-state index contributed by atoms with van der Waals surface area (Å²) in [6.45, 7) is 0.963. The first-order valence-electron chi connectivity index (χ1n) is 9.71. The second kappa shape index (κ2) is 6.92. The van der Waals surface area contributed by atoms with E-state index in [-0.39, 0.29) is 29.5 Å². The molecule has 1 aromatic carbocycles. The second-order valence-corrected chi connectivity index (χ2v) is 8.17. The van der Waals surface area contributed by atoms with Gasteiger partial charge >= 0.3 is 0 Å². The first-order valence-corrected chi connectivity index (χ1v) is 9.71. The molecule has 2 aliphatic carbocycles. The van der Waals surface area contributed by atoms with Crippen LogP contribution >= 0.6 is 0 Å². The fourth-order valence-electron chi connectivity index (χ4n) is 6.25. The first-order chi connectivity index (χ1) is 13.0. The Balaban J connectivity index is 1.97. The van der Waals surface area contributed by atoms with Crippen LogP contribution in [0.1, 0.15) is 24.0 Å². The number of fused-ring (bicyclic) bond motifs is 1. The molecule has 6 heteroatoms. The maximum absolute atomic E-state index is 11.2. The molecule has 0 amide bonds. The molecule has 2 fully saturated rings. The highest BCUT2D eigenvalue weighted by Gasteiger charge is 2.64. The van der Waals surface area contributed by atoms with Crippen LogP contribution in [0.3, 0.4) is 0 Å². The Labute approximate surface area is 161 Å². The Hall–Kier alpha value is -1.34. The predicted octanol–water partition coefficient (Wildman–Crippen LogP) is 1.96. The van der Waals surface area contributed by atoms with E-state index in [0.29, 0.717) is 17.7 Å². The summed E-state index contributed by atoms with van der Waals surface area (Å²) in [5.41, 5.74) is 1.88. The smallest absolute Gasteiger partial charge is 0.161 e. The van der Waals surface area contributed by atoms with Crippen molar-refractivity contribution in [3.8, 4) is 11.5 Å². The standard InChI is InChI=1S/C21H31NO5/c1-22-9-8-21-13(11-16(25-3)19(26-4)20(21)27-5)14(22)10-12-6-7-15(24-2)18(23)17(12)21/h6-7,13-14,16,19-20,23H,8-11H2,1-5H3/t13?,14?,16?,19?,20?,21-/m1/s1. The van der Waals surface area contributed by atoms with E-state index in [4.69, 9.17) is 18.9 Å². The quantitative estimate of drug-likeness (QED) is 0.866. The van der Waals surface area contributed by atoms with Crippen LogP contribution in [0.2, 0.25) is 0 Å². The van der Waals surface area contributed by atoms with Crippen LogP contribution in [0.5, 0.6) is 11.5 Å². The first kappa shape index (κ1) is 19.0. The molecule has 0 aromatic heterocycles. The Morgan fingerprint density at radius 3 is 2.52 bits per heavy atom. The third-order valence-electron chi connectivity index (χ3n) is 7.40. The van der Waals surface area contributed by atoms with Crippen molar-refractivity contribution in [2.45, 2.75) is 49.0 Å². The average molecular weight is 377 g/mol. The molecule has 6 atom stereocenters. The fraction of sp³-hybridized carbons (Fsp3) is 0.714. The van der Waals surface area contributed by atoms with Gasteiger partial charge in [-0.3, -0.25) is 0 Å². The monoisotopic (exact) mass is 377 g/mol. The van der Waals surface area contributed by atoms with Gasteiger partial charge in [-0.2, -0.15) is 0 Å². The van der Waals surface area contributed by atoms with Gasteiger partial charge in [0, 0.05) is 38.3 Å². The molecule has 1 saturated carbocycles. The van der Waals surface area contributed by atoms with Gasteiger partial charge in [0.05, 0.1) is 19.3 Å². The number of hydrogen-bond donors (Lipinski definition) is 1. The molecule has 1 heterocycles. The van der Waals surface area contributed by atoms with Gasteiger partial charge in [0.25, 0.3) is 0 Å². The van der Waals surface area contributed by atoms with E-state index in [9.17, 15) is 5.11 Å². The van der Waals surface area contributed by atoms with E-state index in [1.165, 1.54) is 5.56 Å². The number of ether oxygens (including phenoxy) is 4. The molecule has 3 aliphatic rings. The number of nitrogens with zero attached hydrogens (tertiary/aromatic N) is 1. The SMILES string of the molecule is COc1ccc2c(c1O)[C@@]13CCN(C)C(C2)C1CC(OC)C(OC)C3OC. The second-order valence-electron chi connectivity index (χ2n) is 8.17. The number of rotatable bonds is 4. The maximum atomic E-state index is 11.2. The van der Waals surface area contributed by atoms with Crippen molar-refractivity contribution in [3.05, 3.63) is 23.3 Å². The molecule has 1 aliphatic heterocycles. The minimum absolute atomic E-state index is 0.0265. The van der Waals surface area contributed by atoms with Crippen LogP contribution in [-0.4, -0.2) is 76.4 Å². The van der Waals surface area contributed by atoms with Crippen LogP contribution < -0.4 is 4.74 Å². The number of phenols is 1. The molecule has 1 aromatic rings. The minimum atomic E-state index is -0.312. The normalized spacial score (nSPS) is 38.2. The van der Waals surface area contributed by atoms with E-state index in [1.54, 1.807) is 28.4 Å². The number of benzene rings is 1. The Kier molecular flexibility index (Phi) is 4.87. The molecule has 1 N–H and O–H groups in total. The van der Waals surface area contributed by atoms with Gasteiger partial charge in [-0.05, 0) is 50.4 Å². The van der Waals surface area contributed by atoms with E-state index in [2.05, 4.69) is 18.0 Å². The number of likely N-dealkylation sites (N-methyl/N-ethyl adjacent to an activating group) is 1. The van der Waals surface area contributed by atoms with Gasteiger partial charge in [-0.25, -0.2) is 0 Å². The lowest BCUT2D eigenvalue weighted by Crippen LogP contribution is -2.70. The lowest BCUT2D eigenvalue weighted by atomic mass is 9.50. The van der Waals surface area contributed by atoms with Crippen LogP contribution in [0.15, 0.2) is 12.1 Å². The van der Waals surface area contributed by atoms with Gasteiger partial charge in [-0.15, -0.1) is 0 Å². The van der Waals surface area contributed by atoms with Crippen LogP contribution in [0, 0.1) is 5.92 Å². The molecular weight excluding hydrogens is 346 g/mol. The minimum Gasteiger partial charge on any atom is -0.504 e.